The van der Waals surface area contributed by atoms with Crippen LogP contribution in [0.4, 0.5) is 0 Å². The Hall–Kier alpha value is -3.18. The minimum Gasteiger partial charge on any atom is -0.348 e. The molecule has 1 amide bonds. The summed E-state index contributed by atoms with van der Waals surface area (Å²) in [5.41, 5.74) is 5.26. The number of carbonyl (C=O) groups is 1. The van der Waals surface area contributed by atoms with E-state index in [4.69, 9.17) is 0 Å². The summed E-state index contributed by atoms with van der Waals surface area (Å²) in [5.74, 6) is -0.0483. The largest absolute Gasteiger partial charge is 0.348 e. The third-order valence-corrected chi connectivity index (χ3v) is 5.62. The lowest BCUT2D eigenvalue weighted by molar-refractivity contribution is -0.117. The van der Waals surface area contributed by atoms with Crippen molar-refractivity contribution in [1.82, 2.24) is 20.0 Å². The van der Waals surface area contributed by atoms with Gasteiger partial charge in [-0.3, -0.25) is 9.69 Å². The van der Waals surface area contributed by atoms with E-state index in [0.717, 1.165) is 48.7 Å². The van der Waals surface area contributed by atoms with E-state index < -0.39 is 0 Å². The minimum absolute atomic E-state index is 0.0483. The molecule has 2 aromatic carbocycles. The molecule has 0 spiro atoms. The summed E-state index contributed by atoms with van der Waals surface area (Å²) in [5, 5.41) is 7.79. The molecule has 1 fully saturated rings. The van der Waals surface area contributed by atoms with Crippen LogP contribution >= 0.6 is 0 Å². The fourth-order valence-corrected chi connectivity index (χ4v) is 4.06. The predicted octanol–water partition coefficient (Wildman–Crippen LogP) is 3.89. The lowest BCUT2D eigenvalue weighted by Gasteiger charge is -2.16. The second-order valence-electron chi connectivity index (χ2n) is 7.88. The van der Waals surface area contributed by atoms with Gasteiger partial charge in [0.25, 0.3) is 0 Å². The number of hydrogen-bond donors (Lipinski definition) is 1. The molecule has 0 bridgehead atoms. The standard InChI is InChI=1S/C25H28N4O/c1-19-24(20(2)29(27-19)23-11-7-4-8-12-23)13-14-25(30)26-22-15-16-28(18-22)17-21-9-5-3-6-10-21/h3-14,22H,15-18H2,1-2H3,(H,26,30)/b14-13+/t22-/m1/s1. The summed E-state index contributed by atoms with van der Waals surface area (Å²) in [4.78, 5) is 14.9. The number of aromatic nitrogens is 2. The molecule has 0 unspecified atom stereocenters. The van der Waals surface area contributed by atoms with Gasteiger partial charge < -0.3 is 5.32 Å². The van der Waals surface area contributed by atoms with Gasteiger partial charge in [0.05, 0.1) is 11.4 Å². The minimum atomic E-state index is -0.0483. The first kappa shape index (κ1) is 20.1. The Kier molecular flexibility index (Phi) is 6.10. The van der Waals surface area contributed by atoms with E-state index in [0.29, 0.717) is 0 Å². The first-order chi connectivity index (χ1) is 14.6. The zero-order chi connectivity index (χ0) is 20.9. The number of rotatable bonds is 6. The maximum absolute atomic E-state index is 12.5. The molecule has 1 aliphatic rings. The van der Waals surface area contributed by atoms with Crippen LogP contribution in [-0.2, 0) is 11.3 Å². The summed E-state index contributed by atoms with van der Waals surface area (Å²) in [7, 11) is 0. The van der Waals surface area contributed by atoms with E-state index in [1.165, 1.54) is 5.56 Å². The number of para-hydroxylation sites is 1. The van der Waals surface area contributed by atoms with Crippen LogP contribution in [0, 0.1) is 13.8 Å². The third-order valence-electron chi connectivity index (χ3n) is 5.62. The molecule has 0 radical (unpaired) electrons. The normalized spacial score (nSPS) is 16.9. The van der Waals surface area contributed by atoms with Crippen LogP contribution in [0.2, 0.25) is 0 Å². The van der Waals surface area contributed by atoms with Crippen LogP contribution < -0.4 is 5.32 Å². The Morgan fingerprint density at radius 1 is 1.10 bits per heavy atom. The quantitative estimate of drug-likeness (QED) is 0.639. The first-order valence-electron chi connectivity index (χ1n) is 10.5. The molecule has 2 heterocycles. The maximum Gasteiger partial charge on any atom is 0.244 e. The smallest absolute Gasteiger partial charge is 0.244 e. The van der Waals surface area contributed by atoms with Crippen molar-refractivity contribution in [2.75, 3.05) is 13.1 Å². The second kappa shape index (κ2) is 9.09. The van der Waals surface area contributed by atoms with Gasteiger partial charge in [-0.25, -0.2) is 4.68 Å². The van der Waals surface area contributed by atoms with Crippen LogP contribution in [0.25, 0.3) is 11.8 Å². The summed E-state index contributed by atoms with van der Waals surface area (Å²) >= 11 is 0. The van der Waals surface area contributed by atoms with Crippen LogP contribution in [-0.4, -0.2) is 39.7 Å². The summed E-state index contributed by atoms with van der Waals surface area (Å²) in [6, 6.07) is 20.7. The average Bonchev–Trinajstić information content (AvgIpc) is 3.31. The van der Waals surface area contributed by atoms with E-state index in [2.05, 4.69) is 39.6 Å². The van der Waals surface area contributed by atoms with E-state index in [-0.39, 0.29) is 11.9 Å². The fraction of sp³-hybridized carbons (Fsp3) is 0.280. The SMILES string of the molecule is Cc1nn(-c2ccccc2)c(C)c1/C=C/C(=O)N[C@@H]1CCN(Cc2ccccc2)C1. The van der Waals surface area contributed by atoms with Gasteiger partial charge in [0.15, 0.2) is 0 Å². The number of nitrogens with zero attached hydrogens (tertiary/aromatic N) is 3. The molecular formula is C25H28N4O. The molecule has 1 atom stereocenters. The van der Waals surface area contributed by atoms with Crippen molar-refractivity contribution in [1.29, 1.82) is 0 Å². The maximum atomic E-state index is 12.5. The Bertz CT molecular complexity index is 1020. The van der Waals surface area contributed by atoms with Crippen LogP contribution in [0.5, 0.6) is 0 Å². The highest BCUT2D eigenvalue weighted by atomic mass is 16.1. The van der Waals surface area contributed by atoms with Crippen molar-refractivity contribution in [3.05, 3.63) is 89.3 Å². The van der Waals surface area contributed by atoms with E-state index in [1.54, 1.807) is 6.08 Å². The average molecular weight is 401 g/mol. The van der Waals surface area contributed by atoms with Crippen molar-refractivity contribution >= 4 is 12.0 Å². The van der Waals surface area contributed by atoms with Crippen molar-refractivity contribution in [2.24, 2.45) is 0 Å². The van der Waals surface area contributed by atoms with Gasteiger partial charge in [0, 0.05) is 43.0 Å². The Morgan fingerprint density at radius 2 is 1.80 bits per heavy atom. The number of aryl methyl sites for hydroxylation is 1. The summed E-state index contributed by atoms with van der Waals surface area (Å²) in [6.07, 6.45) is 4.49. The highest BCUT2D eigenvalue weighted by molar-refractivity contribution is 5.92. The lowest BCUT2D eigenvalue weighted by atomic mass is 10.1. The zero-order valence-electron chi connectivity index (χ0n) is 17.6. The summed E-state index contributed by atoms with van der Waals surface area (Å²) < 4.78 is 1.92. The van der Waals surface area contributed by atoms with Crippen molar-refractivity contribution in [3.63, 3.8) is 0 Å². The van der Waals surface area contributed by atoms with E-state index in [1.807, 2.05) is 61.0 Å². The molecule has 0 saturated carbocycles. The van der Waals surface area contributed by atoms with Gasteiger partial charge in [0.2, 0.25) is 5.91 Å². The second-order valence-corrected chi connectivity index (χ2v) is 7.88. The monoisotopic (exact) mass is 400 g/mol. The Balaban J connectivity index is 1.35. The van der Waals surface area contributed by atoms with Gasteiger partial charge in [-0.2, -0.15) is 5.10 Å². The van der Waals surface area contributed by atoms with Crippen molar-refractivity contribution in [2.45, 2.75) is 32.9 Å². The van der Waals surface area contributed by atoms with Crippen molar-refractivity contribution in [3.8, 4) is 5.69 Å². The predicted molar refractivity (Wildman–Crippen MR) is 120 cm³/mol. The Labute approximate surface area is 178 Å². The number of nitrogens with one attached hydrogen (secondary N) is 1. The lowest BCUT2D eigenvalue weighted by Crippen LogP contribution is -2.35. The van der Waals surface area contributed by atoms with Gasteiger partial charge in [-0.05, 0) is 44.0 Å². The van der Waals surface area contributed by atoms with Crippen LogP contribution in [0.1, 0.15) is 28.9 Å². The van der Waals surface area contributed by atoms with E-state index in [9.17, 15) is 4.79 Å². The highest BCUT2D eigenvalue weighted by Crippen LogP contribution is 2.19. The molecule has 0 aliphatic carbocycles. The molecule has 1 N–H and O–H groups in total. The first-order valence-corrected chi connectivity index (χ1v) is 10.5. The molecule has 5 nitrogen and oxygen atoms in total. The highest BCUT2D eigenvalue weighted by Gasteiger charge is 2.23. The fourth-order valence-electron chi connectivity index (χ4n) is 4.06. The number of likely N-dealkylation sites (tertiary alicyclic amines) is 1. The molecular weight excluding hydrogens is 372 g/mol. The molecule has 5 heteroatoms. The number of amides is 1. The number of carbonyl (C=O) groups excluding carboxylic acids is 1. The number of hydrogen-bond acceptors (Lipinski definition) is 3. The molecule has 30 heavy (non-hydrogen) atoms. The summed E-state index contributed by atoms with van der Waals surface area (Å²) in [6.45, 7) is 6.83. The molecule has 154 valence electrons. The van der Waals surface area contributed by atoms with Gasteiger partial charge >= 0.3 is 0 Å². The zero-order valence-corrected chi connectivity index (χ0v) is 17.6. The molecule has 3 aromatic rings. The molecule has 4 rings (SSSR count). The topological polar surface area (TPSA) is 50.2 Å². The van der Waals surface area contributed by atoms with Gasteiger partial charge in [-0.1, -0.05) is 48.5 Å². The van der Waals surface area contributed by atoms with Crippen molar-refractivity contribution < 1.29 is 4.79 Å². The number of benzene rings is 2. The molecule has 1 aromatic heterocycles. The molecule has 1 saturated heterocycles. The van der Waals surface area contributed by atoms with Gasteiger partial charge in [-0.15, -0.1) is 0 Å². The van der Waals surface area contributed by atoms with Crippen LogP contribution in [0.15, 0.2) is 66.7 Å². The molecule has 1 aliphatic heterocycles. The third kappa shape index (κ3) is 4.69. The van der Waals surface area contributed by atoms with Crippen LogP contribution in [0.3, 0.4) is 0 Å². The Morgan fingerprint density at radius 3 is 2.53 bits per heavy atom. The van der Waals surface area contributed by atoms with E-state index >= 15 is 0 Å². The van der Waals surface area contributed by atoms with Gasteiger partial charge in [0.1, 0.15) is 0 Å².